The summed E-state index contributed by atoms with van der Waals surface area (Å²) in [4.78, 5) is 11.6. The van der Waals surface area contributed by atoms with Gasteiger partial charge >= 0.3 is 5.97 Å². The number of aromatic nitrogens is 1. The number of ether oxygens (including phenoxy) is 1. The summed E-state index contributed by atoms with van der Waals surface area (Å²) in [6.45, 7) is 0.638. The zero-order chi connectivity index (χ0) is 12.3. The molecule has 3 nitrogen and oxygen atoms in total. The Morgan fingerprint density at radius 2 is 1.94 bits per heavy atom. The molecule has 2 aromatic rings. The molecule has 0 saturated heterocycles. The van der Waals surface area contributed by atoms with Crippen LogP contribution in [0, 0.1) is 0 Å². The molecule has 0 atom stereocenters. The van der Waals surface area contributed by atoms with Crippen LogP contribution in [-0.4, -0.2) is 17.6 Å². The van der Waals surface area contributed by atoms with E-state index in [0.29, 0.717) is 12.2 Å². The lowest BCUT2D eigenvalue weighted by Crippen LogP contribution is -2.11. The highest BCUT2D eigenvalue weighted by Gasteiger charge is 2.14. The van der Waals surface area contributed by atoms with E-state index in [1.807, 2.05) is 41.0 Å². The molecule has 0 radical (unpaired) electrons. The molecule has 0 bridgehead atoms. The molecule has 1 aromatic heterocycles. The van der Waals surface area contributed by atoms with E-state index in [4.69, 9.17) is 4.74 Å². The number of carbonyl (C=O) groups is 1. The van der Waals surface area contributed by atoms with E-state index >= 15 is 0 Å². The normalized spacial score (nSPS) is 10.2. The van der Waals surface area contributed by atoms with Crippen molar-refractivity contribution in [1.29, 1.82) is 0 Å². The Kier molecular flexibility index (Phi) is 3.64. The largest absolute Gasteiger partial charge is 0.464 e. The van der Waals surface area contributed by atoms with E-state index < -0.39 is 0 Å². The smallest absolute Gasteiger partial charge is 0.354 e. The highest BCUT2D eigenvalue weighted by molar-refractivity contribution is 9.10. The average Bonchev–Trinajstić information content (AvgIpc) is 2.72. The summed E-state index contributed by atoms with van der Waals surface area (Å²) in [5.74, 6) is -0.327. The van der Waals surface area contributed by atoms with Crippen LogP contribution in [0.25, 0.3) is 0 Å². The number of carbonyl (C=O) groups excluding carboxylic acids is 1. The SMILES string of the molecule is COC(=O)c1ccc(Br)n1Cc1ccccc1. The number of hydrogen-bond donors (Lipinski definition) is 0. The molecule has 0 aliphatic heterocycles. The first kappa shape index (κ1) is 11.9. The predicted molar refractivity (Wildman–Crippen MR) is 69.0 cm³/mol. The molecule has 88 valence electrons. The zero-order valence-corrected chi connectivity index (χ0v) is 11.0. The van der Waals surface area contributed by atoms with Crippen LogP contribution in [0.2, 0.25) is 0 Å². The molecular weight excluding hydrogens is 282 g/mol. The van der Waals surface area contributed by atoms with Crippen LogP contribution in [0.1, 0.15) is 16.1 Å². The van der Waals surface area contributed by atoms with Crippen molar-refractivity contribution < 1.29 is 9.53 Å². The van der Waals surface area contributed by atoms with Crippen molar-refractivity contribution in [3.63, 3.8) is 0 Å². The van der Waals surface area contributed by atoms with Crippen LogP contribution in [0.4, 0.5) is 0 Å². The van der Waals surface area contributed by atoms with Gasteiger partial charge in [-0.3, -0.25) is 0 Å². The predicted octanol–water partition coefficient (Wildman–Crippen LogP) is 3.09. The average molecular weight is 294 g/mol. The second-order valence-electron chi connectivity index (χ2n) is 3.60. The van der Waals surface area contributed by atoms with Gasteiger partial charge in [-0.05, 0) is 33.6 Å². The Hall–Kier alpha value is -1.55. The molecule has 0 N–H and O–H groups in total. The Bertz CT molecular complexity index is 519. The summed E-state index contributed by atoms with van der Waals surface area (Å²) in [6, 6.07) is 13.6. The number of esters is 1. The number of rotatable bonds is 3. The van der Waals surface area contributed by atoms with Crippen molar-refractivity contribution in [2.75, 3.05) is 7.11 Å². The fraction of sp³-hybridized carbons (Fsp3) is 0.154. The van der Waals surface area contributed by atoms with Gasteiger partial charge in [-0.2, -0.15) is 0 Å². The van der Waals surface area contributed by atoms with Gasteiger partial charge in [-0.25, -0.2) is 4.79 Å². The minimum atomic E-state index is -0.327. The number of hydrogen-bond acceptors (Lipinski definition) is 2. The fourth-order valence-electron chi connectivity index (χ4n) is 1.65. The third-order valence-corrected chi connectivity index (χ3v) is 3.20. The Morgan fingerprint density at radius 1 is 1.24 bits per heavy atom. The van der Waals surface area contributed by atoms with Gasteiger partial charge in [0.05, 0.1) is 11.7 Å². The van der Waals surface area contributed by atoms with Crippen LogP contribution >= 0.6 is 15.9 Å². The van der Waals surface area contributed by atoms with Gasteiger partial charge in [-0.15, -0.1) is 0 Å². The topological polar surface area (TPSA) is 31.2 Å². The molecule has 0 spiro atoms. The standard InChI is InChI=1S/C13H12BrNO2/c1-17-13(16)11-7-8-12(14)15(11)9-10-5-3-2-4-6-10/h2-8H,9H2,1H3. The minimum Gasteiger partial charge on any atom is -0.464 e. The van der Waals surface area contributed by atoms with Crippen LogP contribution in [0.3, 0.4) is 0 Å². The summed E-state index contributed by atoms with van der Waals surface area (Å²) in [5, 5.41) is 0. The molecule has 0 fully saturated rings. The number of methoxy groups -OCH3 is 1. The van der Waals surface area contributed by atoms with Gasteiger partial charge in [0.1, 0.15) is 5.69 Å². The molecular formula is C13H12BrNO2. The van der Waals surface area contributed by atoms with Crippen molar-refractivity contribution in [1.82, 2.24) is 4.57 Å². The molecule has 0 aliphatic rings. The maximum atomic E-state index is 11.6. The highest BCUT2D eigenvalue weighted by Crippen LogP contribution is 2.18. The van der Waals surface area contributed by atoms with Gasteiger partial charge in [0, 0.05) is 6.54 Å². The first-order valence-electron chi connectivity index (χ1n) is 5.19. The number of benzene rings is 1. The molecule has 0 aliphatic carbocycles. The van der Waals surface area contributed by atoms with E-state index in [-0.39, 0.29) is 5.97 Å². The monoisotopic (exact) mass is 293 g/mol. The summed E-state index contributed by atoms with van der Waals surface area (Å²) in [6.07, 6.45) is 0. The molecule has 2 rings (SSSR count). The van der Waals surface area contributed by atoms with E-state index in [1.165, 1.54) is 7.11 Å². The quantitative estimate of drug-likeness (QED) is 0.815. The highest BCUT2D eigenvalue weighted by atomic mass is 79.9. The Morgan fingerprint density at radius 3 is 2.59 bits per heavy atom. The third-order valence-electron chi connectivity index (χ3n) is 2.51. The van der Waals surface area contributed by atoms with Gasteiger partial charge in [-0.1, -0.05) is 30.3 Å². The van der Waals surface area contributed by atoms with Crippen molar-refractivity contribution in [2.45, 2.75) is 6.54 Å². The lowest BCUT2D eigenvalue weighted by atomic mass is 10.2. The summed E-state index contributed by atoms with van der Waals surface area (Å²) in [7, 11) is 1.39. The minimum absolute atomic E-state index is 0.327. The van der Waals surface area contributed by atoms with Gasteiger partial charge < -0.3 is 9.30 Å². The number of nitrogens with zero attached hydrogens (tertiary/aromatic N) is 1. The maximum Gasteiger partial charge on any atom is 0.354 e. The second-order valence-corrected chi connectivity index (χ2v) is 4.42. The van der Waals surface area contributed by atoms with Gasteiger partial charge in [0.25, 0.3) is 0 Å². The molecule has 17 heavy (non-hydrogen) atoms. The van der Waals surface area contributed by atoms with E-state index in [0.717, 1.165) is 10.2 Å². The van der Waals surface area contributed by atoms with Crippen LogP contribution in [0.15, 0.2) is 47.1 Å². The summed E-state index contributed by atoms with van der Waals surface area (Å²) in [5.41, 5.74) is 1.68. The Balaban J connectivity index is 2.32. The molecule has 1 aromatic carbocycles. The molecule has 1 heterocycles. The van der Waals surface area contributed by atoms with Crippen LogP contribution in [0.5, 0.6) is 0 Å². The van der Waals surface area contributed by atoms with Crippen molar-refractivity contribution in [2.24, 2.45) is 0 Å². The molecule has 0 amide bonds. The van der Waals surface area contributed by atoms with Crippen molar-refractivity contribution in [3.05, 3.63) is 58.3 Å². The molecule has 0 saturated carbocycles. The maximum absolute atomic E-state index is 11.6. The second kappa shape index (κ2) is 5.19. The molecule has 4 heteroatoms. The van der Waals surface area contributed by atoms with Gasteiger partial charge in [0.2, 0.25) is 0 Å². The van der Waals surface area contributed by atoms with E-state index in [2.05, 4.69) is 15.9 Å². The fourth-order valence-corrected chi connectivity index (χ4v) is 2.10. The van der Waals surface area contributed by atoms with Crippen LogP contribution in [-0.2, 0) is 11.3 Å². The van der Waals surface area contributed by atoms with E-state index in [1.54, 1.807) is 6.07 Å². The zero-order valence-electron chi connectivity index (χ0n) is 9.39. The summed E-state index contributed by atoms with van der Waals surface area (Å²) >= 11 is 3.43. The third kappa shape index (κ3) is 2.58. The van der Waals surface area contributed by atoms with Crippen molar-refractivity contribution in [3.8, 4) is 0 Å². The number of halogens is 1. The van der Waals surface area contributed by atoms with Crippen molar-refractivity contribution >= 4 is 21.9 Å². The van der Waals surface area contributed by atoms with Crippen LogP contribution < -0.4 is 0 Å². The lowest BCUT2D eigenvalue weighted by Gasteiger charge is -2.09. The first-order chi connectivity index (χ1) is 8.22. The molecule has 0 unspecified atom stereocenters. The Labute approximate surface area is 108 Å². The lowest BCUT2D eigenvalue weighted by molar-refractivity contribution is 0.0589. The first-order valence-corrected chi connectivity index (χ1v) is 5.99. The van der Waals surface area contributed by atoms with E-state index in [9.17, 15) is 4.79 Å². The van der Waals surface area contributed by atoms with Gasteiger partial charge in [0.15, 0.2) is 0 Å². The summed E-state index contributed by atoms with van der Waals surface area (Å²) < 4.78 is 7.49.